The Hall–Kier alpha value is -5.28. The number of fused-ring (bicyclic) bond motifs is 11. The fourth-order valence-corrected chi connectivity index (χ4v) is 10.4. The number of carbonyl (C=O) groups excluding carboxylic acids is 2. The first-order chi connectivity index (χ1) is 28.6. The van der Waals surface area contributed by atoms with Crippen molar-refractivity contribution in [2.45, 2.75) is 80.9 Å². The van der Waals surface area contributed by atoms with Gasteiger partial charge in [0.2, 0.25) is 6.29 Å². The highest BCUT2D eigenvalue weighted by Crippen LogP contribution is 2.55. The molecule has 2 aliphatic carbocycles. The fourth-order valence-electron chi connectivity index (χ4n) is 10.4. The number of ketones is 1. The number of benzene rings is 4. The second-order valence-electron chi connectivity index (χ2n) is 16.5. The van der Waals surface area contributed by atoms with E-state index in [1.807, 2.05) is 48.7 Å². The van der Waals surface area contributed by atoms with E-state index in [-0.39, 0.29) is 54.0 Å². The number of aryl methyl sites for hydroxylation is 1. The van der Waals surface area contributed by atoms with Crippen LogP contribution in [0.15, 0.2) is 66.9 Å². The van der Waals surface area contributed by atoms with Gasteiger partial charge < -0.3 is 54.4 Å². The van der Waals surface area contributed by atoms with Crippen LogP contribution < -0.4 is 9.47 Å². The lowest BCUT2D eigenvalue weighted by molar-refractivity contribution is -0.329. The molecule has 5 aliphatic rings. The molecule has 0 radical (unpaired) electrons. The summed E-state index contributed by atoms with van der Waals surface area (Å²) in [4.78, 5) is 33.2. The second-order valence-corrected chi connectivity index (χ2v) is 16.5. The smallest absolute Gasteiger partial charge is 0.254 e. The van der Waals surface area contributed by atoms with Gasteiger partial charge in [-0.1, -0.05) is 48.9 Å². The summed E-state index contributed by atoms with van der Waals surface area (Å²) >= 11 is 0. The largest absolute Gasteiger partial charge is 0.506 e. The Morgan fingerprint density at radius 1 is 1.07 bits per heavy atom. The van der Waals surface area contributed by atoms with Crippen molar-refractivity contribution in [3.05, 3.63) is 106 Å². The number of Topliss-reactive ketones (excluding diaryl/α,β-unsaturated/α-hetero) is 1. The third-order valence-electron chi connectivity index (χ3n) is 13.4. The fraction of sp³-hybridized carbons (Fsp3) is 0.391. The number of nitrogens with one attached hydrogen (secondary N) is 1. The summed E-state index contributed by atoms with van der Waals surface area (Å²) in [5.41, 5.74) is 2.52. The number of para-hydroxylation sites is 1. The van der Waals surface area contributed by atoms with Crippen LogP contribution in [0.2, 0.25) is 0 Å². The first kappa shape index (κ1) is 38.0. The van der Waals surface area contributed by atoms with Crippen molar-refractivity contribution in [1.29, 1.82) is 0 Å². The molecule has 13 heteroatoms. The van der Waals surface area contributed by atoms with Crippen LogP contribution >= 0.6 is 0 Å². The number of phenols is 1. The van der Waals surface area contributed by atoms with Crippen LogP contribution in [0.5, 0.6) is 17.2 Å². The summed E-state index contributed by atoms with van der Waals surface area (Å²) in [6.45, 7) is -1.31. The van der Waals surface area contributed by atoms with E-state index in [0.717, 1.165) is 58.8 Å². The Kier molecular flexibility index (Phi) is 9.31. The molecule has 13 nitrogen and oxygen atoms in total. The van der Waals surface area contributed by atoms with Crippen LogP contribution in [0.4, 0.5) is 0 Å². The molecule has 1 amide bonds. The van der Waals surface area contributed by atoms with E-state index < -0.39 is 48.7 Å². The van der Waals surface area contributed by atoms with Crippen LogP contribution in [0, 0.1) is 5.92 Å². The van der Waals surface area contributed by atoms with Crippen molar-refractivity contribution >= 4 is 39.4 Å². The van der Waals surface area contributed by atoms with Gasteiger partial charge in [0.1, 0.15) is 41.7 Å². The van der Waals surface area contributed by atoms with Crippen LogP contribution in [0.3, 0.4) is 0 Å². The van der Waals surface area contributed by atoms with Crippen molar-refractivity contribution in [3.8, 4) is 17.2 Å². The molecule has 3 aliphatic heterocycles. The number of nitrogens with zero attached hydrogens (tertiary/aromatic N) is 1. The molecular weight excluding hydrogens is 757 g/mol. The highest BCUT2D eigenvalue weighted by atomic mass is 16.7. The molecule has 6 N–H and O–H groups in total. The van der Waals surface area contributed by atoms with Gasteiger partial charge in [-0.2, -0.15) is 0 Å². The quantitative estimate of drug-likeness (QED) is 0.126. The number of ether oxygens (including phenoxy) is 4. The molecule has 8 unspecified atom stereocenters. The van der Waals surface area contributed by atoms with Crippen molar-refractivity contribution in [2.75, 3.05) is 26.9 Å². The minimum Gasteiger partial charge on any atom is -0.506 e. The normalized spacial score (nSPS) is 28.7. The zero-order chi connectivity index (χ0) is 40.7. The highest BCUT2D eigenvalue weighted by Gasteiger charge is 2.57. The number of carbonyl (C=O) groups is 2. The number of aliphatic hydroxyl groups excluding tert-OH is 3. The standard InChI is InChI=1S/C46H46N2O11/c1-56-35-17-30-28-14-13-23-8-6-11-25(23)37(28)39(33(50)20-48-19-24-7-2-3-9-26(24)44(48)54)41(52)38(30)42-29(35)15-16-34(31-18-47-32-12-5-4-10-27(31)32)57-21-36-40(51)43(53)46(55,22-49)45(58-36)59-42/h2-5,7,9-10,12,15-18,23,25,34,36,40,43,45,47,49,51-53,55H,6,8,11,13-14,19-22H2,1H3. The molecule has 306 valence electrons. The van der Waals surface area contributed by atoms with Gasteiger partial charge in [-0.25, -0.2) is 0 Å². The topological polar surface area (TPSA) is 191 Å². The number of aromatic hydroxyl groups is 1. The van der Waals surface area contributed by atoms with E-state index >= 15 is 0 Å². The van der Waals surface area contributed by atoms with E-state index in [0.29, 0.717) is 34.6 Å². The minimum atomic E-state index is -2.54. The summed E-state index contributed by atoms with van der Waals surface area (Å²) in [6.07, 6.45) is 2.20. The average molecular weight is 803 g/mol. The Morgan fingerprint density at radius 3 is 2.69 bits per heavy atom. The Bertz CT molecular complexity index is 2550. The summed E-state index contributed by atoms with van der Waals surface area (Å²) in [7, 11) is 1.51. The first-order valence-electron chi connectivity index (χ1n) is 20.3. The molecular formula is C46H46N2O11. The number of phenolic OH excluding ortho intramolecular Hbond substituents is 1. The van der Waals surface area contributed by atoms with Crippen molar-refractivity contribution in [2.24, 2.45) is 5.92 Å². The Morgan fingerprint density at radius 2 is 1.88 bits per heavy atom. The van der Waals surface area contributed by atoms with Crippen molar-refractivity contribution in [3.63, 3.8) is 0 Å². The molecule has 10 rings (SSSR count). The number of aromatic amines is 1. The summed E-state index contributed by atoms with van der Waals surface area (Å²) in [5.74, 6) is -0.389. The second kappa shape index (κ2) is 14.5. The van der Waals surface area contributed by atoms with Gasteiger partial charge in [-0.05, 0) is 83.9 Å². The third-order valence-corrected chi connectivity index (χ3v) is 13.4. The lowest BCUT2D eigenvalue weighted by Crippen LogP contribution is -2.69. The van der Waals surface area contributed by atoms with E-state index in [4.69, 9.17) is 18.9 Å². The maximum absolute atomic E-state index is 14.9. The number of H-pyrrole nitrogens is 1. The lowest BCUT2D eigenvalue weighted by Gasteiger charge is -2.47. The molecule has 4 heterocycles. The SMILES string of the molecule is COc1cc2c3c(c(C(=O)CN4Cc5ccccc5C4=O)c(O)c2c2c1C=CC(c1c[nH]c4ccccc14)OCC1OC(O2)C(O)(CO)C(O)C1O)C1CCCC1CC3. The van der Waals surface area contributed by atoms with E-state index in [9.17, 15) is 35.1 Å². The molecule has 5 aromatic rings. The summed E-state index contributed by atoms with van der Waals surface area (Å²) in [6, 6.07) is 16.8. The predicted octanol–water partition coefficient (Wildman–Crippen LogP) is 5.04. The zero-order valence-electron chi connectivity index (χ0n) is 32.5. The molecule has 4 aromatic carbocycles. The van der Waals surface area contributed by atoms with Gasteiger partial charge in [0.05, 0.1) is 43.4 Å². The molecule has 59 heavy (non-hydrogen) atoms. The molecule has 1 aromatic heterocycles. The number of hydrogen-bond acceptors (Lipinski definition) is 11. The average Bonchev–Trinajstić information content (AvgIpc) is 3.98. The first-order valence-corrected chi connectivity index (χ1v) is 20.3. The molecule has 0 spiro atoms. The molecule has 2 bridgehead atoms. The molecule has 2 fully saturated rings. The van der Waals surface area contributed by atoms with Gasteiger partial charge in [-0.3, -0.25) is 9.59 Å². The predicted molar refractivity (Wildman–Crippen MR) is 215 cm³/mol. The van der Waals surface area contributed by atoms with Crippen LogP contribution in [-0.2, 0) is 22.4 Å². The number of amides is 1. The third kappa shape index (κ3) is 5.89. The molecule has 1 saturated heterocycles. The summed E-state index contributed by atoms with van der Waals surface area (Å²) < 4.78 is 25.3. The molecule has 1 saturated carbocycles. The Balaban J connectivity index is 1.20. The number of hydrogen-bond donors (Lipinski definition) is 6. The maximum Gasteiger partial charge on any atom is 0.254 e. The highest BCUT2D eigenvalue weighted by molar-refractivity contribution is 6.13. The van der Waals surface area contributed by atoms with Gasteiger partial charge in [0, 0.05) is 34.8 Å². The van der Waals surface area contributed by atoms with Crippen molar-refractivity contribution < 1.29 is 54.1 Å². The summed E-state index contributed by atoms with van der Waals surface area (Å²) in [5, 5.41) is 59.4. The number of aliphatic hydroxyl groups is 4. The number of rotatable bonds is 6. The van der Waals surface area contributed by atoms with Gasteiger partial charge in [0.25, 0.3) is 5.91 Å². The van der Waals surface area contributed by atoms with E-state index in [1.165, 1.54) is 12.0 Å². The van der Waals surface area contributed by atoms with Crippen molar-refractivity contribution in [1.82, 2.24) is 9.88 Å². The van der Waals surface area contributed by atoms with Gasteiger partial charge in [-0.15, -0.1) is 0 Å². The number of methoxy groups -OCH3 is 1. The van der Waals surface area contributed by atoms with E-state index in [2.05, 4.69) is 4.98 Å². The monoisotopic (exact) mass is 802 g/mol. The Labute approximate surface area is 339 Å². The minimum absolute atomic E-state index is 0.0103. The number of aromatic nitrogens is 1. The van der Waals surface area contributed by atoms with Crippen LogP contribution in [0.25, 0.3) is 27.8 Å². The molecule has 8 atom stereocenters. The maximum atomic E-state index is 14.9. The van der Waals surface area contributed by atoms with Crippen LogP contribution in [-0.4, -0.2) is 104 Å². The van der Waals surface area contributed by atoms with E-state index in [1.54, 1.807) is 24.3 Å². The van der Waals surface area contributed by atoms with Gasteiger partial charge >= 0.3 is 0 Å². The van der Waals surface area contributed by atoms with Crippen LogP contribution in [0.1, 0.15) is 86.2 Å². The zero-order valence-corrected chi connectivity index (χ0v) is 32.5. The lowest BCUT2D eigenvalue weighted by atomic mass is 9.72. The van der Waals surface area contributed by atoms with Gasteiger partial charge in [0.15, 0.2) is 11.4 Å².